The number of carbonyl (C=O) groups excluding carboxylic acids is 1. The quantitative estimate of drug-likeness (QED) is 0.432. The van der Waals surface area contributed by atoms with E-state index in [9.17, 15) is 9.18 Å². The standard InChI is InChI=1S/C20H13BrCl3FN4O2/c21-12-9-29(8-10-4-5-11(22)6-14(10)24)27-19(12)26-20(30)17-7-16(28-31-17)18-13(23)2-1-3-15(18)25/h1-6,9,17H,7-8H2,(H,26,27,30). The molecule has 0 radical (unpaired) electrons. The second-order valence-electron chi connectivity index (χ2n) is 6.68. The molecule has 0 saturated heterocycles. The molecule has 6 nitrogen and oxygen atoms in total. The molecule has 2 heterocycles. The summed E-state index contributed by atoms with van der Waals surface area (Å²) >= 11 is 21.6. The number of hydrogen-bond acceptors (Lipinski definition) is 4. The van der Waals surface area contributed by atoms with Gasteiger partial charge in [-0.15, -0.1) is 0 Å². The average molecular weight is 547 g/mol. The van der Waals surface area contributed by atoms with Gasteiger partial charge in [-0.2, -0.15) is 5.10 Å². The predicted octanol–water partition coefficient (Wildman–Crippen LogP) is 5.92. The molecule has 11 heteroatoms. The van der Waals surface area contributed by atoms with Gasteiger partial charge in [-0.3, -0.25) is 9.48 Å². The first-order valence-corrected chi connectivity index (χ1v) is 10.9. The first kappa shape index (κ1) is 22.1. The van der Waals surface area contributed by atoms with Crippen LogP contribution in [0.5, 0.6) is 0 Å². The molecule has 3 aromatic rings. The number of carbonyl (C=O) groups is 1. The molecule has 0 aliphatic carbocycles. The molecule has 1 unspecified atom stereocenters. The monoisotopic (exact) mass is 544 g/mol. The minimum atomic E-state index is -0.937. The molecular formula is C20H13BrCl3FN4O2. The third-order valence-electron chi connectivity index (χ3n) is 4.52. The molecule has 1 aliphatic heterocycles. The van der Waals surface area contributed by atoms with Gasteiger partial charge in [0.1, 0.15) is 5.82 Å². The highest BCUT2D eigenvalue weighted by Crippen LogP contribution is 2.28. The van der Waals surface area contributed by atoms with Crippen LogP contribution in [0.2, 0.25) is 15.1 Å². The number of benzene rings is 2. The first-order valence-electron chi connectivity index (χ1n) is 8.96. The first-order chi connectivity index (χ1) is 14.8. The van der Waals surface area contributed by atoms with Gasteiger partial charge in [-0.05, 0) is 45.8 Å². The number of rotatable bonds is 5. The summed E-state index contributed by atoms with van der Waals surface area (Å²) < 4.78 is 16.3. The van der Waals surface area contributed by atoms with Gasteiger partial charge in [-0.25, -0.2) is 4.39 Å². The molecule has 0 spiro atoms. The predicted molar refractivity (Wildman–Crippen MR) is 122 cm³/mol. The van der Waals surface area contributed by atoms with Gasteiger partial charge in [-0.1, -0.05) is 52.1 Å². The Morgan fingerprint density at radius 1 is 1.26 bits per heavy atom. The lowest BCUT2D eigenvalue weighted by Crippen LogP contribution is -2.28. The summed E-state index contributed by atoms with van der Waals surface area (Å²) in [4.78, 5) is 17.8. The maximum atomic E-state index is 14.1. The zero-order valence-electron chi connectivity index (χ0n) is 15.6. The van der Waals surface area contributed by atoms with E-state index in [0.29, 0.717) is 26.9 Å². The van der Waals surface area contributed by atoms with Crippen molar-refractivity contribution in [1.82, 2.24) is 9.78 Å². The van der Waals surface area contributed by atoms with Crippen molar-refractivity contribution in [3.05, 3.63) is 79.1 Å². The van der Waals surface area contributed by atoms with Crippen LogP contribution in [-0.4, -0.2) is 27.5 Å². The summed E-state index contributed by atoms with van der Waals surface area (Å²) in [6, 6.07) is 9.50. The second kappa shape index (κ2) is 9.16. The smallest absolute Gasteiger partial charge is 0.269 e. The van der Waals surface area contributed by atoms with Crippen molar-refractivity contribution in [2.45, 2.75) is 19.1 Å². The third kappa shape index (κ3) is 4.87. The van der Waals surface area contributed by atoms with E-state index in [1.165, 1.54) is 12.1 Å². The van der Waals surface area contributed by atoms with E-state index in [-0.39, 0.29) is 22.7 Å². The number of nitrogens with zero attached hydrogens (tertiary/aromatic N) is 3. The van der Waals surface area contributed by atoms with Crippen LogP contribution in [-0.2, 0) is 16.2 Å². The molecule has 0 bridgehead atoms. The fourth-order valence-corrected chi connectivity index (χ4v) is 4.18. The number of anilines is 1. The highest BCUT2D eigenvalue weighted by atomic mass is 79.9. The summed E-state index contributed by atoms with van der Waals surface area (Å²) in [5.74, 6) is -0.698. The summed E-state index contributed by atoms with van der Waals surface area (Å²) in [6.45, 7) is 0.378. The van der Waals surface area contributed by atoms with E-state index < -0.39 is 17.8 Å². The molecule has 4 rings (SSSR count). The second-order valence-corrected chi connectivity index (χ2v) is 8.79. The summed E-state index contributed by atoms with van der Waals surface area (Å²) in [7, 11) is 0. The Balaban J connectivity index is 1.43. The Morgan fingerprint density at radius 3 is 2.81 bits per heavy atom. The maximum absolute atomic E-state index is 14.1. The normalized spacial score (nSPS) is 15.5. The minimum absolute atomic E-state index is 0.0746. The van der Waals surface area contributed by atoms with E-state index in [2.05, 4.69) is 31.5 Å². The minimum Gasteiger partial charge on any atom is -0.382 e. The van der Waals surface area contributed by atoms with Crippen LogP contribution in [0.25, 0.3) is 0 Å². The van der Waals surface area contributed by atoms with Crippen molar-refractivity contribution in [2.24, 2.45) is 5.16 Å². The van der Waals surface area contributed by atoms with Crippen LogP contribution in [0.3, 0.4) is 0 Å². The van der Waals surface area contributed by atoms with Crippen LogP contribution in [0.15, 0.2) is 52.2 Å². The Morgan fingerprint density at radius 2 is 2.06 bits per heavy atom. The van der Waals surface area contributed by atoms with Crippen LogP contribution < -0.4 is 5.32 Å². The van der Waals surface area contributed by atoms with E-state index in [1.807, 2.05) is 0 Å². The van der Waals surface area contributed by atoms with Crippen molar-refractivity contribution >= 4 is 68.2 Å². The van der Waals surface area contributed by atoms with Crippen molar-refractivity contribution in [3.8, 4) is 0 Å². The fraction of sp³-hybridized carbons (Fsp3) is 0.150. The molecule has 1 amide bonds. The van der Waals surface area contributed by atoms with Gasteiger partial charge in [0.15, 0.2) is 5.82 Å². The highest BCUT2D eigenvalue weighted by molar-refractivity contribution is 9.10. The van der Waals surface area contributed by atoms with E-state index >= 15 is 0 Å². The lowest BCUT2D eigenvalue weighted by molar-refractivity contribution is -0.125. The molecule has 1 aromatic heterocycles. The Kier molecular flexibility index (Phi) is 6.52. The third-order valence-corrected chi connectivity index (χ3v) is 6.00. The van der Waals surface area contributed by atoms with Gasteiger partial charge in [0.2, 0.25) is 6.10 Å². The number of halogens is 5. The van der Waals surface area contributed by atoms with E-state index in [1.54, 1.807) is 35.1 Å². The summed E-state index contributed by atoms with van der Waals surface area (Å²) in [5.41, 5.74) is 1.22. The number of oxime groups is 1. The summed E-state index contributed by atoms with van der Waals surface area (Å²) in [5, 5.41) is 12.1. The van der Waals surface area contributed by atoms with Crippen LogP contribution in [0.1, 0.15) is 17.5 Å². The fourth-order valence-electron chi connectivity index (χ4n) is 3.02. The molecule has 2 aromatic carbocycles. The molecule has 1 aliphatic rings. The number of nitrogens with one attached hydrogen (secondary N) is 1. The largest absolute Gasteiger partial charge is 0.382 e. The van der Waals surface area contributed by atoms with E-state index in [0.717, 1.165) is 5.56 Å². The van der Waals surface area contributed by atoms with Gasteiger partial charge in [0, 0.05) is 22.7 Å². The lowest BCUT2D eigenvalue weighted by atomic mass is 10.0. The highest BCUT2D eigenvalue weighted by Gasteiger charge is 2.32. The molecule has 1 N–H and O–H groups in total. The Labute approximate surface area is 200 Å². The number of aromatic nitrogens is 2. The number of hydrogen-bond donors (Lipinski definition) is 1. The van der Waals surface area contributed by atoms with Gasteiger partial charge in [0.25, 0.3) is 5.91 Å². The molecule has 31 heavy (non-hydrogen) atoms. The lowest BCUT2D eigenvalue weighted by Gasteiger charge is -2.08. The topological polar surface area (TPSA) is 68.5 Å². The van der Waals surface area contributed by atoms with Gasteiger partial charge in [0.05, 0.1) is 27.3 Å². The average Bonchev–Trinajstić information content (AvgIpc) is 3.31. The molecule has 0 fully saturated rings. The van der Waals surface area contributed by atoms with Crippen molar-refractivity contribution in [1.29, 1.82) is 0 Å². The zero-order valence-corrected chi connectivity index (χ0v) is 19.4. The number of amides is 1. The molecule has 0 saturated carbocycles. The van der Waals surface area contributed by atoms with Crippen LogP contribution >= 0.6 is 50.7 Å². The maximum Gasteiger partial charge on any atom is 0.269 e. The summed E-state index contributed by atoms with van der Waals surface area (Å²) in [6.07, 6.45) is 0.843. The Bertz CT molecular complexity index is 1180. The van der Waals surface area contributed by atoms with Gasteiger partial charge >= 0.3 is 0 Å². The Hall–Kier alpha value is -2.13. The van der Waals surface area contributed by atoms with Crippen LogP contribution in [0.4, 0.5) is 10.2 Å². The SMILES string of the molecule is O=C(Nc1nn(Cc2ccc(Cl)cc2Cl)cc1Br)C1CC(c2c(F)cccc2Cl)=NO1. The van der Waals surface area contributed by atoms with Crippen molar-refractivity contribution in [3.63, 3.8) is 0 Å². The molecule has 1 atom stereocenters. The van der Waals surface area contributed by atoms with Gasteiger partial charge < -0.3 is 10.2 Å². The van der Waals surface area contributed by atoms with Crippen molar-refractivity contribution < 1.29 is 14.0 Å². The molecular weight excluding hydrogens is 534 g/mol. The molecule has 160 valence electrons. The van der Waals surface area contributed by atoms with E-state index in [4.69, 9.17) is 39.6 Å². The van der Waals surface area contributed by atoms with Crippen molar-refractivity contribution in [2.75, 3.05) is 5.32 Å². The van der Waals surface area contributed by atoms with Crippen LogP contribution in [0, 0.1) is 5.82 Å². The zero-order chi connectivity index (χ0) is 22.1.